The number of hydrogen-bond donors (Lipinski definition) is 0. The van der Waals surface area contributed by atoms with Gasteiger partial charge < -0.3 is 24.8 Å². The smallest absolute Gasteiger partial charge is 1.00 e. The molecule has 0 aromatic carbocycles. The second-order valence-corrected chi connectivity index (χ2v) is 2.15. The van der Waals surface area contributed by atoms with E-state index in [4.69, 9.17) is 0 Å². The molecule has 0 spiro atoms. The van der Waals surface area contributed by atoms with E-state index in [1.165, 1.54) is 12.8 Å². The van der Waals surface area contributed by atoms with Gasteiger partial charge in [-0.2, -0.15) is 0 Å². The van der Waals surface area contributed by atoms with Gasteiger partial charge in [-0.05, 0) is 12.8 Å². The molecule has 13 heavy (non-hydrogen) atoms. The van der Waals surface area contributed by atoms with Crippen molar-refractivity contribution in [2.45, 2.75) is 39.5 Å². The molecule has 0 radical (unpaired) electrons. The summed E-state index contributed by atoms with van der Waals surface area (Å²) in [5.74, 6) is 0. The second kappa shape index (κ2) is 38.3. The third-order valence-electron chi connectivity index (χ3n) is 0.986. The molecule has 0 amide bonds. The average Bonchev–Trinajstić information content (AvgIpc) is 1.93. The molecular formula is C10H20Cl2Zr. The molecule has 3 heteroatoms. The summed E-state index contributed by atoms with van der Waals surface area (Å²) in [5.41, 5.74) is 0. The predicted octanol–water partition coefficient (Wildman–Crippen LogP) is -2.05. The topological polar surface area (TPSA) is 0 Å². The molecule has 0 heterocycles. The molecule has 0 nitrogen and oxygen atoms in total. The van der Waals surface area contributed by atoms with Crippen LogP contribution in [0.2, 0.25) is 0 Å². The Balaban J connectivity index is -0.0000000267. The summed E-state index contributed by atoms with van der Waals surface area (Å²) < 4.78 is 0. The monoisotopic (exact) mass is 300 g/mol. The SMILES string of the molecule is C=CCCC.C=CCCC.[Cl-].[Cl-].[Zr+2]. The fourth-order valence-electron chi connectivity index (χ4n) is 0.408. The van der Waals surface area contributed by atoms with Crippen molar-refractivity contribution in [2.75, 3.05) is 0 Å². The molecule has 0 aliphatic carbocycles. The van der Waals surface area contributed by atoms with Gasteiger partial charge in [0.15, 0.2) is 0 Å². The molecule has 0 rings (SSSR count). The maximum absolute atomic E-state index is 3.55. The normalized spacial score (nSPS) is 5.69. The van der Waals surface area contributed by atoms with E-state index in [9.17, 15) is 0 Å². The van der Waals surface area contributed by atoms with Gasteiger partial charge in [0.25, 0.3) is 0 Å². The molecule has 0 saturated carbocycles. The maximum atomic E-state index is 3.55. The number of rotatable bonds is 4. The average molecular weight is 302 g/mol. The molecule has 0 aliphatic rings. The van der Waals surface area contributed by atoms with Gasteiger partial charge in [0.2, 0.25) is 0 Å². The zero-order valence-electron chi connectivity index (χ0n) is 8.65. The van der Waals surface area contributed by atoms with Crippen LogP contribution in [0.1, 0.15) is 39.5 Å². The summed E-state index contributed by atoms with van der Waals surface area (Å²) in [7, 11) is 0. The van der Waals surface area contributed by atoms with Gasteiger partial charge in [-0.15, -0.1) is 13.2 Å². The van der Waals surface area contributed by atoms with Crippen LogP contribution in [0, 0.1) is 0 Å². The first-order chi connectivity index (χ1) is 4.83. The van der Waals surface area contributed by atoms with Crippen molar-refractivity contribution in [3.63, 3.8) is 0 Å². The van der Waals surface area contributed by atoms with E-state index in [-0.39, 0.29) is 51.0 Å². The molecule has 0 fully saturated rings. The van der Waals surface area contributed by atoms with Crippen LogP contribution in [0.3, 0.4) is 0 Å². The molecule has 0 unspecified atom stereocenters. The van der Waals surface area contributed by atoms with E-state index in [1.54, 1.807) is 0 Å². The number of hydrogen-bond acceptors (Lipinski definition) is 0. The van der Waals surface area contributed by atoms with Crippen LogP contribution < -0.4 is 24.8 Å². The van der Waals surface area contributed by atoms with E-state index in [1.807, 2.05) is 12.2 Å². The minimum absolute atomic E-state index is 0. The standard InChI is InChI=1S/2C5H10.2ClH.Zr/c2*1-3-5-4-2;;;/h2*3H,1,4-5H2,2H3;2*1H;/q;;;;+2/p-2. The first kappa shape index (κ1) is 29.2. The first-order valence-corrected chi connectivity index (χ1v) is 4.05. The number of halogens is 2. The summed E-state index contributed by atoms with van der Waals surface area (Å²) in [6, 6.07) is 0. The van der Waals surface area contributed by atoms with E-state index in [0.717, 1.165) is 12.8 Å². The van der Waals surface area contributed by atoms with Gasteiger partial charge in [0, 0.05) is 0 Å². The van der Waals surface area contributed by atoms with Crippen molar-refractivity contribution in [3.05, 3.63) is 25.3 Å². The Labute approximate surface area is 115 Å². The third kappa shape index (κ3) is 63.4. The van der Waals surface area contributed by atoms with Gasteiger partial charge in [0.1, 0.15) is 0 Å². The van der Waals surface area contributed by atoms with Crippen LogP contribution in [0.15, 0.2) is 25.3 Å². The summed E-state index contributed by atoms with van der Waals surface area (Å²) in [5, 5.41) is 0. The second-order valence-electron chi connectivity index (χ2n) is 2.15. The molecule has 78 valence electrons. The van der Waals surface area contributed by atoms with Crippen molar-refractivity contribution < 1.29 is 51.0 Å². The Morgan fingerprint density at radius 3 is 1.08 bits per heavy atom. The van der Waals surface area contributed by atoms with Gasteiger partial charge >= 0.3 is 26.2 Å². The van der Waals surface area contributed by atoms with Crippen LogP contribution >= 0.6 is 0 Å². The van der Waals surface area contributed by atoms with Crippen molar-refractivity contribution in [1.82, 2.24) is 0 Å². The van der Waals surface area contributed by atoms with E-state index < -0.39 is 0 Å². The molecule has 0 bridgehead atoms. The summed E-state index contributed by atoms with van der Waals surface area (Å²) >= 11 is 0. The molecule has 0 N–H and O–H groups in total. The Morgan fingerprint density at radius 2 is 1.08 bits per heavy atom. The largest absolute Gasteiger partial charge is 2.00 e. The zero-order valence-corrected chi connectivity index (χ0v) is 12.6. The van der Waals surface area contributed by atoms with Gasteiger partial charge in [-0.3, -0.25) is 0 Å². The minimum Gasteiger partial charge on any atom is -1.00 e. The maximum Gasteiger partial charge on any atom is 2.00 e. The van der Waals surface area contributed by atoms with Crippen LogP contribution in [0.5, 0.6) is 0 Å². The molecule has 0 atom stereocenters. The zero-order chi connectivity index (χ0) is 8.24. The van der Waals surface area contributed by atoms with Crippen LogP contribution in [-0.2, 0) is 26.2 Å². The van der Waals surface area contributed by atoms with Crippen molar-refractivity contribution in [3.8, 4) is 0 Å². The van der Waals surface area contributed by atoms with Crippen LogP contribution in [0.4, 0.5) is 0 Å². The van der Waals surface area contributed by atoms with Gasteiger partial charge in [0.05, 0.1) is 0 Å². The molecule has 0 aromatic heterocycles. The molecule has 0 aliphatic heterocycles. The van der Waals surface area contributed by atoms with Crippen LogP contribution in [0.25, 0.3) is 0 Å². The third-order valence-corrected chi connectivity index (χ3v) is 0.986. The van der Waals surface area contributed by atoms with E-state index in [2.05, 4.69) is 27.0 Å². The summed E-state index contributed by atoms with van der Waals surface area (Å²) in [6.07, 6.45) is 8.62. The fourth-order valence-corrected chi connectivity index (χ4v) is 0.408. The van der Waals surface area contributed by atoms with Crippen molar-refractivity contribution in [2.24, 2.45) is 0 Å². The Kier molecular flexibility index (Phi) is 86.0. The van der Waals surface area contributed by atoms with E-state index in [0.29, 0.717) is 0 Å². The minimum atomic E-state index is 0. The Bertz CT molecular complexity index is 65.3. The summed E-state index contributed by atoms with van der Waals surface area (Å²) in [4.78, 5) is 0. The molecule has 0 aromatic rings. The molecule has 0 saturated heterocycles. The summed E-state index contributed by atoms with van der Waals surface area (Å²) in [6.45, 7) is 11.4. The van der Waals surface area contributed by atoms with Crippen LogP contribution in [-0.4, -0.2) is 0 Å². The van der Waals surface area contributed by atoms with Crippen molar-refractivity contribution in [1.29, 1.82) is 0 Å². The Morgan fingerprint density at radius 1 is 0.846 bits per heavy atom. The fraction of sp³-hybridized carbons (Fsp3) is 0.600. The first-order valence-electron chi connectivity index (χ1n) is 4.05. The van der Waals surface area contributed by atoms with E-state index >= 15 is 0 Å². The number of unbranched alkanes of at least 4 members (excludes halogenated alkanes) is 2. The number of allylic oxidation sites excluding steroid dienone is 2. The van der Waals surface area contributed by atoms with Gasteiger partial charge in [-0.25, -0.2) is 0 Å². The van der Waals surface area contributed by atoms with Crippen molar-refractivity contribution >= 4 is 0 Å². The van der Waals surface area contributed by atoms with Gasteiger partial charge in [-0.1, -0.05) is 38.8 Å². The quantitative estimate of drug-likeness (QED) is 0.525. The molecular weight excluding hydrogens is 282 g/mol. The predicted molar refractivity (Wildman–Crippen MR) is 50.2 cm³/mol. The Hall–Kier alpha value is 0.943.